The van der Waals surface area contributed by atoms with Gasteiger partial charge in [0.2, 0.25) is 0 Å². The Labute approximate surface area is 107 Å². The Bertz CT molecular complexity index is 413. The zero-order chi connectivity index (χ0) is 13.0. The van der Waals surface area contributed by atoms with Crippen LogP contribution in [-0.2, 0) is 9.53 Å². The van der Waals surface area contributed by atoms with Crippen LogP contribution in [0.4, 0.5) is 0 Å². The molecule has 4 heteroatoms. The van der Waals surface area contributed by atoms with Crippen LogP contribution in [0, 0.1) is 6.92 Å². The molecule has 1 atom stereocenters. The van der Waals surface area contributed by atoms with Gasteiger partial charge < -0.3 is 14.4 Å². The average molecular weight is 249 g/mol. The molecule has 1 aliphatic rings. The van der Waals surface area contributed by atoms with Crippen LogP contribution in [0.3, 0.4) is 0 Å². The smallest absolute Gasteiger partial charge is 0.263 e. The molecule has 1 fully saturated rings. The molecule has 4 nitrogen and oxygen atoms in total. The molecule has 1 aliphatic heterocycles. The molecule has 2 rings (SSSR count). The molecular formula is C14H19NO3. The standard InChI is InChI=1S/C14H19NO3/c1-11-5-3-4-6-13(11)18-12(2)14(16)15-7-9-17-10-8-15/h3-6,12H,7-10H2,1-2H3. The van der Waals surface area contributed by atoms with Crippen molar-refractivity contribution in [3.05, 3.63) is 29.8 Å². The molecule has 1 amide bonds. The summed E-state index contributed by atoms with van der Waals surface area (Å²) in [6.45, 7) is 6.30. The Balaban J connectivity index is 1.96. The van der Waals surface area contributed by atoms with Crippen molar-refractivity contribution in [2.45, 2.75) is 20.0 Å². The first-order valence-corrected chi connectivity index (χ1v) is 6.27. The number of aryl methyl sites for hydroxylation is 1. The lowest BCUT2D eigenvalue weighted by Crippen LogP contribution is -2.46. The number of carbonyl (C=O) groups is 1. The van der Waals surface area contributed by atoms with Crippen molar-refractivity contribution in [3.63, 3.8) is 0 Å². The summed E-state index contributed by atoms with van der Waals surface area (Å²) < 4.78 is 11.0. The van der Waals surface area contributed by atoms with E-state index in [4.69, 9.17) is 9.47 Å². The Morgan fingerprint density at radius 1 is 1.33 bits per heavy atom. The number of amides is 1. The van der Waals surface area contributed by atoms with E-state index in [1.54, 1.807) is 11.8 Å². The van der Waals surface area contributed by atoms with Gasteiger partial charge in [0, 0.05) is 13.1 Å². The number of para-hydroxylation sites is 1. The molecule has 0 aromatic heterocycles. The molecule has 0 spiro atoms. The average Bonchev–Trinajstić information content (AvgIpc) is 2.41. The van der Waals surface area contributed by atoms with Gasteiger partial charge in [-0.3, -0.25) is 4.79 Å². The lowest BCUT2D eigenvalue weighted by Gasteiger charge is -2.29. The van der Waals surface area contributed by atoms with Crippen LogP contribution in [0.5, 0.6) is 5.75 Å². The highest BCUT2D eigenvalue weighted by Crippen LogP contribution is 2.18. The van der Waals surface area contributed by atoms with Crippen LogP contribution < -0.4 is 4.74 Å². The summed E-state index contributed by atoms with van der Waals surface area (Å²) in [6, 6.07) is 7.73. The fourth-order valence-electron chi connectivity index (χ4n) is 1.97. The fraction of sp³-hybridized carbons (Fsp3) is 0.500. The minimum Gasteiger partial charge on any atom is -0.481 e. The molecule has 1 heterocycles. The predicted molar refractivity (Wildman–Crippen MR) is 68.7 cm³/mol. The number of carbonyl (C=O) groups excluding carboxylic acids is 1. The highest BCUT2D eigenvalue weighted by atomic mass is 16.5. The molecule has 0 aliphatic carbocycles. The lowest BCUT2D eigenvalue weighted by molar-refractivity contribution is -0.142. The summed E-state index contributed by atoms with van der Waals surface area (Å²) in [7, 11) is 0. The monoisotopic (exact) mass is 249 g/mol. The number of nitrogens with zero attached hydrogens (tertiary/aromatic N) is 1. The number of hydrogen-bond acceptors (Lipinski definition) is 3. The van der Waals surface area contributed by atoms with Crippen molar-refractivity contribution in [2.24, 2.45) is 0 Å². The molecule has 0 saturated carbocycles. The number of hydrogen-bond donors (Lipinski definition) is 0. The predicted octanol–water partition coefficient (Wildman–Crippen LogP) is 1.62. The highest BCUT2D eigenvalue weighted by Gasteiger charge is 2.23. The van der Waals surface area contributed by atoms with Gasteiger partial charge in [-0.2, -0.15) is 0 Å². The van der Waals surface area contributed by atoms with Crippen LogP contribution >= 0.6 is 0 Å². The van der Waals surface area contributed by atoms with Crippen LogP contribution in [0.2, 0.25) is 0 Å². The number of ether oxygens (including phenoxy) is 2. The molecular weight excluding hydrogens is 230 g/mol. The van der Waals surface area contributed by atoms with Crippen molar-refractivity contribution in [1.29, 1.82) is 0 Å². The summed E-state index contributed by atoms with van der Waals surface area (Å²) in [5.41, 5.74) is 1.04. The summed E-state index contributed by atoms with van der Waals surface area (Å²) in [5, 5.41) is 0. The van der Waals surface area contributed by atoms with Gasteiger partial charge in [0.1, 0.15) is 5.75 Å². The summed E-state index contributed by atoms with van der Waals surface area (Å²) in [4.78, 5) is 14.0. The number of morpholine rings is 1. The van der Waals surface area contributed by atoms with Gasteiger partial charge in [-0.15, -0.1) is 0 Å². The number of rotatable bonds is 3. The minimum absolute atomic E-state index is 0.0292. The van der Waals surface area contributed by atoms with Crippen LogP contribution in [0.15, 0.2) is 24.3 Å². The van der Waals surface area contributed by atoms with E-state index in [0.717, 1.165) is 11.3 Å². The Kier molecular flexibility index (Phi) is 4.20. The first-order valence-electron chi connectivity index (χ1n) is 6.27. The zero-order valence-corrected chi connectivity index (χ0v) is 10.9. The van der Waals surface area contributed by atoms with Crippen LogP contribution in [-0.4, -0.2) is 43.2 Å². The maximum atomic E-state index is 12.2. The van der Waals surface area contributed by atoms with Crippen molar-refractivity contribution >= 4 is 5.91 Å². The van der Waals surface area contributed by atoms with Crippen molar-refractivity contribution in [1.82, 2.24) is 4.90 Å². The van der Waals surface area contributed by atoms with Gasteiger partial charge in [0.15, 0.2) is 6.10 Å². The van der Waals surface area contributed by atoms with E-state index >= 15 is 0 Å². The lowest BCUT2D eigenvalue weighted by atomic mass is 10.2. The normalized spacial score (nSPS) is 17.3. The van der Waals surface area contributed by atoms with Gasteiger partial charge >= 0.3 is 0 Å². The molecule has 18 heavy (non-hydrogen) atoms. The zero-order valence-electron chi connectivity index (χ0n) is 10.9. The molecule has 1 aromatic rings. The van der Waals surface area contributed by atoms with E-state index in [2.05, 4.69) is 0 Å². The van der Waals surface area contributed by atoms with E-state index in [0.29, 0.717) is 26.3 Å². The Morgan fingerprint density at radius 3 is 2.67 bits per heavy atom. The molecule has 0 bridgehead atoms. The van der Waals surface area contributed by atoms with Gasteiger partial charge in [-0.25, -0.2) is 0 Å². The molecule has 0 N–H and O–H groups in total. The molecule has 1 saturated heterocycles. The summed E-state index contributed by atoms with van der Waals surface area (Å²) in [6.07, 6.45) is -0.454. The largest absolute Gasteiger partial charge is 0.481 e. The van der Waals surface area contributed by atoms with Gasteiger partial charge in [0.05, 0.1) is 13.2 Å². The second-order valence-electron chi connectivity index (χ2n) is 4.46. The first kappa shape index (κ1) is 12.9. The third-order valence-corrected chi connectivity index (χ3v) is 3.07. The van der Waals surface area contributed by atoms with Gasteiger partial charge in [-0.05, 0) is 25.5 Å². The van der Waals surface area contributed by atoms with E-state index in [9.17, 15) is 4.79 Å². The summed E-state index contributed by atoms with van der Waals surface area (Å²) in [5.74, 6) is 0.799. The highest BCUT2D eigenvalue weighted by molar-refractivity contribution is 5.81. The van der Waals surface area contributed by atoms with Gasteiger partial charge in [0.25, 0.3) is 5.91 Å². The third kappa shape index (κ3) is 3.01. The molecule has 1 unspecified atom stereocenters. The SMILES string of the molecule is Cc1ccccc1OC(C)C(=O)N1CCOCC1. The van der Waals surface area contributed by atoms with Crippen molar-refractivity contribution < 1.29 is 14.3 Å². The van der Waals surface area contributed by atoms with Crippen LogP contribution in [0.25, 0.3) is 0 Å². The minimum atomic E-state index is -0.454. The van der Waals surface area contributed by atoms with Crippen LogP contribution in [0.1, 0.15) is 12.5 Å². The Morgan fingerprint density at radius 2 is 2.00 bits per heavy atom. The third-order valence-electron chi connectivity index (χ3n) is 3.07. The second-order valence-corrected chi connectivity index (χ2v) is 4.46. The quantitative estimate of drug-likeness (QED) is 0.817. The second kappa shape index (κ2) is 5.87. The fourth-order valence-corrected chi connectivity index (χ4v) is 1.97. The van der Waals surface area contributed by atoms with E-state index < -0.39 is 6.10 Å². The van der Waals surface area contributed by atoms with Gasteiger partial charge in [-0.1, -0.05) is 18.2 Å². The molecule has 0 radical (unpaired) electrons. The van der Waals surface area contributed by atoms with E-state index in [-0.39, 0.29) is 5.91 Å². The topological polar surface area (TPSA) is 38.8 Å². The molecule has 98 valence electrons. The first-order chi connectivity index (χ1) is 8.68. The van der Waals surface area contributed by atoms with Crippen molar-refractivity contribution in [2.75, 3.05) is 26.3 Å². The molecule has 1 aromatic carbocycles. The Hall–Kier alpha value is -1.55. The number of benzene rings is 1. The maximum absolute atomic E-state index is 12.2. The van der Waals surface area contributed by atoms with Crippen molar-refractivity contribution in [3.8, 4) is 5.75 Å². The van der Waals surface area contributed by atoms with E-state index in [1.807, 2.05) is 31.2 Å². The van der Waals surface area contributed by atoms with E-state index in [1.165, 1.54) is 0 Å². The maximum Gasteiger partial charge on any atom is 0.263 e. The summed E-state index contributed by atoms with van der Waals surface area (Å²) >= 11 is 0.